The lowest BCUT2D eigenvalue weighted by Gasteiger charge is -2.27. The van der Waals surface area contributed by atoms with Crippen molar-refractivity contribution in [2.45, 2.75) is 51.1 Å². The molecule has 4 amide bonds. The molecule has 2 aromatic heterocycles. The van der Waals surface area contributed by atoms with Gasteiger partial charge >= 0.3 is 0 Å². The molecule has 1 saturated heterocycles. The van der Waals surface area contributed by atoms with Gasteiger partial charge in [0, 0.05) is 61.5 Å². The number of hydrogen-bond acceptors (Lipinski definition) is 8. The summed E-state index contributed by atoms with van der Waals surface area (Å²) in [6.45, 7) is 2.03. The lowest BCUT2D eigenvalue weighted by molar-refractivity contribution is -0.136. The van der Waals surface area contributed by atoms with E-state index in [1.807, 2.05) is 16.8 Å². The van der Waals surface area contributed by atoms with Crippen LogP contribution in [-0.4, -0.2) is 69.1 Å². The van der Waals surface area contributed by atoms with E-state index in [0.717, 1.165) is 41.0 Å². The highest BCUT2D eigenvalue weighted by Gasteiger charge is 2.45. The first-order valence-corrected chi connectivity index (χ1v) is 15.7. The molecule has 4 aromatic rings. The maximum atomic E-state index is 13.3. The third-order valence-electron chi connectivity index (χ3n) is 8.83. The van der Waals surface area contributed by atoms with Crippen LogP contribution >= 0.6 is 0 Å². The van der Waals surface area contributed by atoms with Crippen molar-refractivity contribution in [3.05, 3.63) is 89.4 Å². The number of carbonyl (C=O) groups excluding carboxylic acids is 4. The van der Waals surface area contributed by atoms with E-state index in [-0.39, 0.29) is 24.0 Å². The molecule has 234 valence electrons. The van der Waals surface area contributed by atoms with Gasteiger partial charge in [-0.1, -0.05) is 24.3 Å². The van der Waals surface area contributed by atoms with Crippen molar-refractivity contribution in [2.24, 2.45) is 0 Å². The quantitative estimate of drug-likeness (QED) is 0.190. The van der Waals surface area contributed by atoms with Crippen LogP contribution in [0.1, 0.15) is 57.5 Å². The minimum atomic E-state index is -0.999. The van der Waals surface area contributed by atoms with Crippen molar-refractivity contribution in [2.75, 3.05) is 25.1 Å². The lowest BCUT2D eigenvalue weighted by Crippen LogP contribution is -2.54. The second-order valence-electron chi connectivity index (χ2n) is 11.8. The maximum absolute atomic E-state index is 13.3. The highest BCUT2D eigenvalue weighted by molar-refractivity contribution is 6.25. The van der Waals surface area contributed by atoms with Gasteiger partial charge < -0.3 is 10.1 Å². The van der Waals surface area contributed by atoms with E-state index >= 15 is 0 Å². The molecule has 2 aromatic carbocycles. The van der Waals surface area contributed by atoms with E-state index in [0.29, 0.717) is 32.0 Å². The summed E-state index contributed by atoms with van der Waals surface area (Å²) in [6.07, 6.45) is 10.1. The first-order valence-electron chi connectivity index (χ1n) is 15.7. The number of carbonyl (C=O) groups is 4. The third kappa shape index (κ3) is 5.69. The number of pyridine rings is 1. The molecule has 1 unspecified atom stereocenters. The number of aromatic nitrogens is 3. The predicted molar refractivity (Wildman–Crippen MR) is 170 cm³/mol. The highest BCUT2D eigenvalue weighted by Crippen LogP contribution is 2.35. The molecule has 46 heavy (non-hydrogen) atoms. The van der Waals surface area contributed by atoms with Crippen LogP contribution in [0, 0.1) is 0 Å². The van der Waals surface area contributed by atoms with Gasteiger partial charge in [0.15, 0.2) is 0 Å². The predicted octanol–water partition coefficient (Wildman–Crippen LogP) is 4.02. The number of aryl methyl sites for hydroxylation is 3. The van der Waals surface area contributed by atoms with Crippen molar-refractivity contribution in [1.29, 1.82) is 0 Å². The Kier molecular flexibility index (Phi) is 8.15. The number of imide groups is 2. The van der Waals surface area contributed by atoms with Crippen molar-refractivity contribution in [3.63, 3.8) is 0 Å². The molecule has 0 radical (unpaired) electrons. The molecule has 1 aliphatic carbocycles. The van der Waals surface area contributed by atoms with E-state index in [1.54, 1.807) is 30.6 Å². The Morgan fingerprint density at radius 2 is 1.74 bits per heavy atom. The lowest BCUT2D eigenvalue weighted by atomic mass is 9.99. The SMILES string of the molecule is O=C1CCC(N2C(=O)c3cccc(NCCOCCCn4cc(-c5ccc6c(c5)CCC6)c(-c5ccncc5)n4)c3C2=O)C(=O)N1. The Bertz CT molecular complexity index is 1830. The zero-order chi connectivity index (χ0) is 31.6. The molecule has 11 heteroatoms. The van der Waals surface area contributed by atoms with Crippen LogP contribution in [0.15, 0.2) is 67.1 Å². The summed E-state index contributed by atoms with van der Waals surface area (Å²) in [5, 5.41) is 10.4. The van der Waals surface area contributed by atoms with Gasteiger partial charge in [-0.3, -0.25) is 39.1 Å². The number of anilines is 1. The van der Waals surface area contributed by atoms with Gasteiger partial charge in [-0.05, 0) is 73.1 Å². The van der Waals surface area contributed by atoms with Crippen LogP contribution < -0.4 is 10.6 Å². The Balaban J connectivity index is 0.939. The Morgan fingerprint density at radius 3 is 2.59 bits per heavy atom. The van der Waals surface area contributed by atoms with Crippen LogP contribution in [0.2, 0.25) is 0 Å². The number of piperidine rings is 1. The van der Waals surface area contributed by atoms with E-state index in [9.17, 15) is 19.2 Å². The van der Waals surface area contributed by atoms with E-state index in [1.165, 1.54) is 23.1 Å². The van der Waals surface area contributed by atoms with Gasteiger partial charge in [-0.15, -0.1) is 0 Å². The van der Waals surface area contributed by atoms with Gasteiger partial charge in [-0.2, -0.15) is 5.10 Å². The van der Waals surface area contributed by atoms with Crippen molar-refractivity contribution < 1.29 is 23.9 Å². The number of hydrogen-bond donors (Lipinski definition) is 2. The van der Waals surface area contributed by atoms with Crippen LogP contribution in [0.25, 0.3) is 22.4 Å². The van der Waals surface area contributed by atoms with Gasteiger partial charge in [0.1, 0.15) is 11.7 Å². The maximum Gasteiger partial charge on any atom is 0.264 e. The van der Waals surface area contributed by atoms with Crippen LogP contribution in [0.3, 0.4) is 0 Å². The molecule has 4 heterocycles. The smallest absolute Gasteiger partial charge is 0.264 e. The molecular weight excluding hydrogens is 584 g/mol. The summed E-state index contributed by atoms with van der Waals surface area (Å²) in [5.74, 6) is -2.10. The summed E-state index contributed by atoms with van der Waals surface area (Å²) in [6, 6.07) is 14.7. The molecular formula is C35H34N6O5. The second-order valence-corrected chi connectivity index (χ2v) is 11.8. The monoisotopic (exact) mass is 618 g/mol. The first kappa shape index (κ1) is 29.5. The average Bonchev–Trinajstić information content (AvgIpc) is 3.78. The normalized spacial score (nSPS) is 17.3. The molecule has 1 atom stereocenters. The summed E-state index contributed by atoms with van der Waals surface area (Å²) >= 11 is 0. The number of fused-ring (bicyclic) bond motifs is 2. The van der Waals surface area contributed by atoms with Gasteiger partial charge in [0.05, 0.1) is 17.7 Å². The average molecular weight is 619 g/mol. The van der Waals surface area contributed by atoms with E-state index in [2.05, 4.69) is 40.0 Å². The topological polar surface area (TPSA) is 136 Å². The molecule has 0 spiro atoms. The Labute approximate surface area is 266 Å². The number of nitrogens with zero attached hydrogens (tertiary/aromatic N) is 4. The molecule has 3 aliphatic rings. The van der Waals surface area contributed by atoms with Crippen LogP contribution in [-0.2, 0) is 33.7 Å². The molecule has 11 nitrogen and oxygen atoms in total. The van der Waals surface area contributed by atoms with Crippen LogP contribution in [0.4, 0.5) is 5.69 Å². The zero-order valence-corrected chi connectivity index (χ0v) is 25.3. The van der Waals surface area contributed by atoms with E-state index in [4.69, 9.17) is 9.84 Å². The van der Waals surface area contributed by atoms with Crippen molar-refractivity contribution in [1.82, 2.24) is 25.0 Å². The van der Waals surface area contributed by atoms with Gasteiger partial charge in [0.25, 0.3) is 11.8 Å². The Morgan fingerprint density at radius 1 is 0.891 bits per heavy atom. The standard InChI is InChI=1S/C35H34N6O5/c42-30-11-10-29(33(43)38-30)41-34(44)26-6-2-7-28(31(26)35(41)45)37-16-19-46-18-3-17-40-21-27(32(39-40)23-12-14-36-15-13-23)25-9-8-22-4-1-5-24(22)20-25/h2,6-9,12-15,20-21,29,37H,1,3-5,10-11,16-19H2,(H,38,42,43). The molecule has 2 aliphatic heterocycles. The third-order valence-corrected chi connectivity index (χ3v) is 8.83. The fourth-order valence-electron chi connectivity index (χ4n) is 6.56. The number of nitrogens with one attached hydrogen (secondary N) is 2. The van der Waals surface area contributed by atoms with Gasteiger partial charge in [0.2, 0.25) is 11.8 Å². The van der Waals surface area contributed by atoms with E-state index < -0.39 is 29.7 Å². The fourth-order valence-corrected chi connectivity index (χ4v) is 6.56. The van der Waals surface area contributed by atoms with Crippen LogP contribution in [0.5, 0.6) is 0 Å². The minimum absolute atomic E-state index is 0.0777. The van der Waals surface area contributed by atoms with Gasteiger partial charge in [-0.25, -0.2) is 0 Å². The zero-order valence-electron chi connectivity index (χ0n) is 25.3. The summed E-state index contributed by atoms with van der Waals surface area (Å²) in [5.41, 5.74) is 8.10. The number of ether oxygens (including phenoxy) is 1. The number of rotatable bonds is 11. The molecule has 7 rings (SSSR count). The molecule has 0 saturated carbocycles. The molecule has 0 bridgehead atoms. The second kappa shape index (κ2) is 12.7. The summed E-state index contributed by atoms with van der Waals surface area (Å²) in [4.78, 5) is 55.4. The highest BCUT2D eigenvalue weighted by atomic mass is 16.5. The summed E-state index contributed by atoms with van der Waals surface area (Å²) in [7, 11) is 0. The summed E-state index contributed by atoms with van der Waals surface area (Å²) < 4.78 is 7.86. The molecule has 2 N–H and O–H groups in total. The first-order chi connectivity index (χ1) is 22.5. The van der Waals surface area contributed by atoms with Crippen molar-refractivity contribution >= 4 is 29.3 Å². The number of benzene rings is 2. The Hall–Kier alpha value is -5.16. The molecule has 1 fully saturated rings. The minimum Gasteiger partial charge on any atom is -0.382 e. The largest absolute Gasteiger partial charge is 0.382 e. The van der Waals surface area contributed by atoms with Crippen molar-refractivity contribution in [3.8, 4) is 22.4 Å². The fraction of sp³-hybridized carbons (Fsp3) is 0.314. The number of amides is 4.